The van der Waals surface area contributed by atoms with Crippen LogP contribution in [0.5, 0.6) is 0 Å². The number of hydrogen-bond donors (Lipinski definition) is 6. The fourth-order valence-corrected chi connectivity index (χ4v) is 6.70. The summed E-state index contributed by atoms with van der Waals surface area (Å²) in [5.74, 6) is 0.462. The number of carbonyl (C=O) groups excluding carboxylic acids is 3. The quantitative estimate of drug-likeness (QED) is 0.138. The Morgan fingerprint density at radius 3 is 2.16 bits per heavy atom. The molecule has 6 rings (SSSR count). The molecule has 3 aromatic carbocycles. The lowest BCUT2D eigenvalue weighted by molar-refractivity contribution is -0.130. The Kier molecular flexibility index (Phi) is 11.1. The first kappa shape index (κ1) is 33.9. The SMILES string of the molecule is Cc1ccc(-c2ccc(C[C@H](NC(=O)[C@H]3CC[C@H](CN)CC3)C(=O)Nc3ccc(-c4nn[nH]n4)cc3)cc2)cc1NC(=O)C1CCNCC1. The highest BCUT2D eigenvalue weighted by atomic mass is 16.2. The summed E-state index contributed by atoms with van der Waals surface area (Å²) in [6.07, 6.45) is 5.38. The van der Waals surface area contributed by atoms with Crippen molar-refractivity contribution in [3.8, 4) is 22.5 Å². The third-order valence-electron chi connectivity index (χ3n) is 9.87. The van der Waals surface area contributed by atoms with Crippen LogP contribution in [0, 0.1) is 24.7 Å². The summed E-state index contributed by atoms with van der Waals surface area (Å²) < 4.78 is 0. The van der Waals surface area contributed by atoms with Crippen LogP contribution in [0.3, 0.4) is 0 Å². The molecule has 12 nitrogen and oxygen atoms in total. The summed E-state index contributed by atoms with van der Waals surface area (Å²) in [5.41, 5.74) is 11.9. The van der Waals surface area contributed by atoms with E-state index in [1.807, 2.05) is 49.4 Å². The van der Waals surface area contributed by atoms with Gasteiger partial charge in [0.1, 0.15) is 6.04 Å². The molecule has 2 fully saturated rings. The molecule has 0 bridgehead atoms. The second-order valence-electron chi connectivity index (χ2n) is 13.3. The van der Waals surface area contributed by atoms with Crippen LogP contribution < -0.4 is 27.0 Å². The van der Waals surface area contributed by atoms with Gasteiger partial charge >= 0.3 is 0 Å². The normalized spacial score (nSPS) is 18.7. The van der Waals surface area contributed by atoms with E-state index in [1.54, 1.807) is 24.3 Å². The lowest BCUT2D eigenvalue weighted by Gasteiger charge is -2.28. The van der Waals surface area contributed by atoms with Crippen LogP contribution in [0.4, 0.5) is 11.4 Å². The van der Waals surface area contributed by atoms with E-state index in [4.69, 9.17) is 5.73 Å². The van der Waals surface area contributed by atoms with Gasteiger partial charge in [-0.2, -0.15) is 5.21 Å². The first-order valence-corrected chi connectivity index (χ1v) is 17.2. The summed E-state index contributed by atoms with van der Waals surface area (Å²) in [6.45, 7) is 4.36. The summed E-state index contributed by atoms with van der Waals surface area (Å²) in [6, 6.07) is 20.5. The Bertz CT molecular complexity index is 1710. The number of carbonyl (C=O) groups is 3. The minimum absolute atomic E-state index is 0.0197. The molecule has 0 spiro atoms. The lowest BCUT2D eigenvalue weighted by Crippen LogP contribution is -2.48. The minimum Gasteiger partial charge on any atom is -0.344 e. The minimum atomic E-state index is -0.779. The van der Waals surface area contributed by atoms with Crippen molar-refractivity contribution in [2.24, 2.45) is 23.5 Å². The van der Waals surface area contributed by atoms with E-state index < -0.39 is 6.04 Å². The maximum atomic E-state index is 13.7. The molecule has 1 saturated heterocycles. The number of nitrogens with one attached hydrogen (secondary N) is 5. The average Bonchev–Trinajstić information content (AvgIpc) is 3.69. The molecule has 1 aliphatic carbocycles. The predicted octanol–water partition coefficient (Wildman–Crippen LogP) is 4.21. The number of amides is 3. The van der Waals surface area contributed by atoms with Crippen LogP contribution in [-0.2, 0) is 20.8 Å². The van der Waals surface area contributed by atoms with Crippen LogP contribution in [0.25, 0.3) is 22.5 Å². The van der Waals surface area contributed by atoms with Crippen molar-refractivity contribution >= 4 is 29.1 Å². The largest absolute Gasteiger partial charge is 0.344 e. The number of piperidine rings is 1. The van der Waals surface area contributed by atoms with Crippen LogP contribution >= 0.6 is 0 Å². The number of H-pyrrole nitrogens is 1. The maximum Gasteiger partial charge on any atom is 0.247 e. The van der Waals surface area contributed by atoms with E-state index in [0.717, 1.165) is 85.1 Å². The maximum absolute atomic E-state index is 13.7. The Balaban J connectivity index is 1.15. The molecular formula is C37H45N9O3. The van der Waals surface area contributed by atoms with E-state index in [2.05, 4.69) is 41.9 Å². The fraction of sp³-hybridized carbons (Fsp3) is 0.405. The summed E-state index contributed by atoms with van der Waals surface area (Å²) in [4.78, 5) is 40.1. The monoisotopic (exact) mass is 663 g/mol. The van der Waals surface area contributed by atoms with Gasteiger partial charge in [-0.25, -0.2) is 0 Å². The molecule has 12 heteroatoms. The summed E-state index contributed by atoms with van der Waals surface area (Å²) >= 11 is 0. The zero-order valence-electron chi connectivity index (χ0n) is 27.9. The predicted molar refractivity (Wildman–Crippen MR) is 189 cm³/mol. The number of aryl methyl sites for hydroxylation is 1. The summed E-state index contributed by atoms with van der Waals surface area (Å²) in [5, 5.41) is 26.5. The van der Waals surface area contributed by atoms with E-state index in [-0.39, 0.29) is 29.6 Å². The molecule has 0 unspecified atom stereocenters. The standard InChI is InChI=1S/C37H45N9O3/c1-23-2-7-30(21-32(23)41-36(48)29-16-18-39-19-17-29)26-8-3-24(4-9-26)20-33(42-35(47)28-10-5-25(22-38)6-11-28)37(49)40-31-14-12-27(13-15-31)34-43-45-46-44-34/h2-4,7-9,12-15,21,25,28-29,33,39H,5-6,10-11,16-20,22,38H2,1H3,(H,40,49)(H,41,48)(H,42,47)(H,43,44,45,46)/t25-,28-,33-/m0/s1. The number of aromatic amines is 1. The molecule has 2 aliphatic rings. The van der Waals surface area contributed by atoms with Gasteiger partial charge in [0.2, 0.25) is 23.5 Å². The highest BCUT2D eigenvalue weighted by molar-refractivity contribution is 5.98. The van der Waals surface area contributed by atoms with Gasteiger partial charge in [-0.05, 0) is 129 Å². The van der Waals surface area contributed by atoms with Crippen molar-refractivity contribution in [2.45, 2.75) is 57.9 Å². The van der Waals surface area contributed by atoms with Gasteiger partial charge in [0.05, 0.1) is 0 Å². The lowest BCUT2D eigenvalue weighted by atomic mass is 9.81. The molecule has 49 heavy (non-hydrogen) atoms. The van der Waals surface area contributed by atoms with Crippen LogP contribution in [0.1, 0.15) is 49.7 Å². The van der Waals surface area contributed by atoms with Crippen molar-refractivity contribution in [1.82, 2.24) is 31.3 Å². The highest BCUT2D eigenvalue weighted by Gasteiger charge is 2.29. The van der Waals surface area contributed by atoms with Crippen molar-refractivity contribution in [3.05, 3.63) is 77.9 Å². The first-order chi connectivity index (χ1) is 23.9. The molecular weight excluding hydrogens is 618 g/mol. The molecule has 1 aromatic heterocycles. The van der Waals surface area contributed by atoms with E-state index in [1.165, 1.54) is 0 Å². The van der Waals surface area contributed by atoms with Crippen LogP contribution in [0.15, 0.2) is 66.7 Å². The van der Waals surface area contributed by atoms with Gasteiger partial charge in [0.25, 0.3) is 0 Å². The Morgan fingerprint density at radius 1 is 0.816 bits per heavy atom. The summed E-state index contributed by atoms with van der Waals surface area (Å²) in [7, 11) is 0. The number of benzene rings is 3. The number of nitrogens with zero attached hydrogens (tertiary/aromatic N) is 3. The topological polar surface area (TPSA) is 180 Å². The van der Waals surface area contributed by atoms with E-state index in [9.17, 15) is 14.4 Å². The zero-order valence-corrected chi connectivity index (χ0v) is 27.9. The highest BCUT2D eigenvalue weighted by Crippen LogP contribution is 2.29. The third kappa shape index (κ3) is 8.76. The van der Waals surface area contributed by atoms with Gasteiger partial charge in [-0.15, -0.1) is 10.2 Å². The second kappa shape index (κ2) is 16.0. The van der Waals surface area contributed by atoms with Crippen LogP contribution in [0.2, 0.25) is 0 Å². The van der Waals surface area contributed by atoms with Crippen LogP contribution in [-0.4, -0.2) is 64.0 Å². The number of anilines is 2. The average molecular weight is 664 g/mol. The zero-order chi connectivity index (χ0) is 34.2. The Morgan fingerprint density at radius 2 is 1.49 bits per heavy atom. The third-order valence-corrected chi connectivity index (χ3v) is 9.87. The van der Waals surface area contributed by atoms with Gasteiger partial charge in [0, 0.05) is 35.2 Å². The van der Waals surface area contributed by atoms with Gasteiger partial charge in [0.15, 0.2) is 0 Å². The van der Waals surface area contributed by atoms with Gasteiger partial charge in [-0.1, -0.05) is 36.4 Å². The first-order valence-electron chi connectivity index (χ1n) is 17.2. The Labute approximate surface area is 286 Å². The van der Waals surface area contributed by atoms with Crippen molar-refractivity contribution in [3.63, 3.8) is 0 Å². The molecule has 256 valence electrons. The van der Waals surface area contributed by atoms with E-state index in [0.29, 0.717) is 30.4 Å². The van der Waals surface area contributed by atoms with Gasteiger partial charge in [-0.3, -0.25) is 14.4 Å². The van der Waals surface area contributed by atoms with Crippen molar-refractivity contribution in [1.29, 1.82) is 0 Å². The number of tetrazole rings is 1. The number of aromatic nitrogens is 4. The molecule has 3 amide bonds. The molecule has 0 radical (unpaired) electrons. The number of rotatable bonds is 11. The van der Waals surface area contributed by atoms with E-state index >= 15 is 0 Å². The fourth-order valence-electron chi connectivity index (χ4n) is 6.70. The van der Waals surface area contributed by atoms with Crippen molar-refractivity contribution < 1.29 is 14.4 Å². The smallest absolute Gasteiger partial charge is 0.247 e. The number of nitrogens with two attached hydrogens (primary N) is 1. The second-order valence-corrected chi connectivity index (χ2v) is 13.3. The molecule has 2 heterocycles. The number of hydrogen-bond acceptors (Lipinski definition) is 8. The molecule has 7 N–H and O–H groups in total. The molecule has 1 atom stereocenters. The molecule has 1 saturated carbocycles. The van der Waals surface area contributed by atoms with Gasteiger partial charge < -0.3 is 27.0 Å². The van der Waals surface area contributed by atoms with Crippen molar-refractivity contribution in [2.75, 3.05) is 30.3 Å². The molecule has 1 aliphatic heterocycles. The Hall–Kier alpha value is -4.94. The molecule has 4 aromatic rings.